The van der Waals surface area contributed by atoms with Gasteiger partial charge in [-0.3, -0.25) is 0 Å². The molecule has 2 rings (SSSR count). The van der Waals surface area contributed by atoms with Gasteiger partial charge in [-0.05, 0) is 11.4 Å². The van der Waals surface area contributed by atoms with Crippen LogP contribution in [-0.2, 0) is 0 Å². The third kappa shape index (κ3) is 3.12. The van der Waals surface area contributed by atoms with Gasteiger partial charge in [0, 0.05) is 17.0 Å². The molecule has 0 fully saturated rings. The fraction of sp³-hybridized carbons (Fsp3) is 0.231. The van der Waals surface area contributed by atoms with Gasteiger partial charge in [-0.2, -0.15) is 0 Å². The zero-order valence-corrected chi connectivity index (χ0v) is 12.3. The molecule has 0 aliphatic heterocycles. The van der Waals surface area contributed by atoms with Crippen molar-refractivity contribution in [3.05, 3.63) is 40.1 Å². The van der Waals surface area contributed by atoms with Crippen LogP contribution in [0.5, 0.6) is 17.2 Å². The minimum absolute atomic E-state index is 0. The van der Waals surface area contributed by atoms with Gasteiger partial charge < -0.3 is 20.3 Å². The molecular formula is C13H16ClNO3S. The Hall–Kier alpha value is -1.43. The van der Waals surface area contributed by atoms with Gasteiger partial charge in [-0.1, -0.05) is 6.07 Å². The summed E-state index contributed by atoms with van der Waals surface area (Å²) < 4.78 is 10.5. The maximum Gasteiger partial charge on any atom is 0.131 e. The fourth-order valence-corrected chi connectivity index (χ4v) is 2.58. The van der Waals surface area contributed by atoms with E-state index in [1.165, 1.54) is 12.1 Å². The monoisotopic (exact) mass is 301 g/mol. The largest absolute Gasteiger partial charge is 0.508 e. The van der Waals surface area contributed by atoms with Crippen molar-refractivity contribution < 1.29 is 14.6 Å². The number of halogens is 1. The number of ether oxygens (including phenoxy) is 2. The molecule has 1 heterocycles. The molecule has 0 unspecified atom stereocenters. The smallest absolute Gasteiger partial charge is 0.131 e. The molecular weight excluding hydrogens is 286 g/mol. The Labute approximate surface area is 122 Å². The zero-order chi connectivity index (χ0) is 13.1. The molecule has 0 bridgehead atoms. The Bertz CT molecular complexity index is 506. The lowest BCUT2D eigenvalue weighted by Gasteiger charge is -2.18. The topological polar surface area (TPSA) is 64.7 Å². The van der Waals surface area contributed by atoms with Crippen molar-refractivity contribution in [3.8, 4) is 17.2 Å². The third-order valence-corrected chi connectivity index (χ3v) is 3.64. The highest BCUT2D eigenvalue weighted by atomic mass is 35.5. The van der Waals surface area contributed by atoms with E-state index in [0.29, 0.717) is 11.5 Å². The Morgan fingerprint density at radius 2 is 1.79 bits per heavy atom. The summed E-state index contributed by atoms with van der Waals surface area (Å²) in [5.41, 5.74) is 6.97. The van der Waals surface area contributed by atoms with Crippen LogP contribution in [0.15, 0.2) is 29.6 Å². The van der Waals surface area contributed by atoms with E-state index >= 15 is 0 Å². The van der Waals surface area contributed by atoms with Gasteiger partial charge >= 0.3 is 0 Å². The van der Waals surface area contributed by atoms with E-state index in [-0.39, 0.29) is 24.2 Å². The molecule has 0 spiro atoms. The minimum atomic E-state index is -0.338. The summed E-state index contributed by atoms with van der Waals surface area (Å²) in [5, 5.41) is 11.6. The average Bonchev–Trinajstić information content (AvgIpc) is 2.90. The molecule has 1 aromatic heterocycles. The summed E-state index contributed by atoms with van der Waals surface area (Å²) in [6, 6.07) is 6.63. The van der Waals surface area contributed by atoms with Crippen molar-refractivity contribution >= 4 is 23.7 Å². The molecule has 1 atom stereocenters. The Kier molecular flexibility index (Phi) is 5.47. The fourth-order valence-electron chi connectivity index (χ4n) is 1.84. The van der Waals surface area contributed by atoms with Crippen LogP contribution < -0.4 is 15.2 Å². The summed E-state index contributed by atoms with van der Waals surface area (Å²) in [4.78, 5) is 1.01. The summed E-state index contributed by atoms with van der Waals surface area (Å²) in [5.74, 6) is 1.13. The molecule has 0 radical (unpaired) electrons. The second kappa shape index (κ2) is 6.65. The van der Waals surface area contributed by atoms with Crippen LogP contribution in [-0.4, -0.2) is 19.3 Å². The summed E-state index contributed by atoms with van der Waals surface area (Å²) in [6.45, 7) is 0. The van der Waals surface area contributed by atoms with Crippen molar-refractivity contribution in [2.45, 2.75) is 6.04 Å². The van der Waals surface area contributed by atoms with Gasteiger partial charge in [0.15, 0.2) is 0 Å². The normalized spacial score (nSPS) is 11.5. The molecule has 0 saturated carbocycles. The quantitative estimate of drug-likeness (QED) is 0.911. The van der Waals surface area contributed by atoms with Crippen LogP contribution in [0.25, 0.3) is 0 Å². The predicted octanol–water partition coefficient (Wildman–Crippen LogP) is 2.94. The van der Waals surface area contributed by atoms with Gasteiger partial charge in [0.25, 0.3) is 0 Å². The highest BCUT2D eigenvalue weighted by Gasteiger charge is 2.21. The molecule has 3 N–H and O–H groups in total. The predicted molar refractivity (Wildman–Crippen MR) is 78.8 cm³/mol. The maximum atomic E-state index is 9.59. The second-order valence-electron chi connectivity index (χ2n) is 3.76. The molecule has 0 saturated heterocycles. The van der Waals surface area contributed by atoms with Crippen molar-refractivity contribution in [3.63, 3.8) is 0 Å². The summed E-state index contributed by atoms with van der Waals surface area (Å²) in [7, 11) is 3.08. The Balaban J connectivity index is 0.00000180. The van der Waals surface area contributed by atoms with E-state index in [1.807, 2.05) is 17.5 Å². The van der Waals surface area contributed by atoms with Gasteiger partial charge in [0.05, 0.1) is 25.8 Å². The number of methoxy groups -OCH3 is 2. The standard InChI is InChI=1S/C13H15NO3S.ClH/c1-16-9-6-8(15)7-10(17-2)12(9)13(14)11-4-3-5-18-11;/h3-7,13,15H,14H2,1-2H3;1H/t13-;/m1./s1. The third-order valence-electron chi connectivity index (χ3n) is 2.69. The summed E-state index contributed by atoms with van der Waals surface area (Å²) >= 11 is 1.57. The zero-order valence-electron chi connectivity index (χ0n) is 10.6. The highest BCUT2D eigenvalue weighted by molar-refractivity contribution is 7.10. The van der Waals surface area contributed by atoms with Crippen LogP contribution in [0.3, 0.4) is 0 Å². The molecule has 19 heavy (non-hydrogen) atoms. The molecule has 2 aromatic rings. The molecule has 104 valence electrons. The van der Waals surface area contributed by atoms with E-state index in [1.54, 1.807) is 25.6 Å². The van der Waals surface area contributed by atoms with Gasteiger partial charge in [0.2, 0.25) is 0 Å². The number of nitrogens with two attached hydrogens (primary N) is 1. The first-order chi connectivity index (χ1) is 8.67. The van der Waals surface area contributed by atoms with E-state index in [9.17, 15) is 5.11 Å². The first kappa shape index (κ1) is 15.6. The minimum Gasteiger partial charge on any atom is -0.508 e. The number of hydrogen-bond acceptors (Lipinski definition) is 5. The number of rotatable bonds is 4. The molecule has 0 aliphatic carbocycles. The lowest BCUT2D eigenvalue weighted by Crippen LogP contribution is -2.13. The van der Waals surface area contributed by atoms with Gasteiger partial charge in [-0.15, -0.1) is 23.7 Å². The number of hydrogen-bond donors (Lipinski definition) is 2. The molecule has 0 aliphatic rings. The molecule has 6 heteroatoms. The Morgan fingerprint density at radius 3 is 2.21 bits per heavy atom. The van der Waals surface area contributed by atoms with Crippen molar-refractivity contribution in [1.29, 1.82) is 0 Å². The van der Waals surface area contributed by atoms with Gasteiger partial charge in [-0.25, -0.2) is 0 Å². The number of phenolic OH excluding ortho intramolecular Hbond substituents is 1. The van der Waals surface area contributed by atoms with Crippen LogP contribution in [0.2, 0.25) is 0 Å². The Morgan fingerprint density at radius 1 is 1.21 bits per heavy atom. The van der Waals surface area contributed by atoms with Crippen LogP contribution in [0, 0.1) is 0 Å². The summed E-state index contributed by atoms with van der Waals surface area (Å²) in [6.07, 6.45) is 0. The molecule has 1 aromatic carbocycles. The van der Waals surface area contributed by atoms with Gasteiger partial charge in [0.1, 0.15) is 17.2 Å². The van der Waals surface area contributed by atoms with Crippen LogP contribution in [0.4, 0.5) is 0 Å². The number of phenols is 1. The number of thiophene rings is 1. The first-order valence-corrected chi connectivity index (χ1v) is 6.29. The molecule has 0 amide bonds. The van der Waals surface area contributed by atoms with Crippen LogP contribution >= 0.6 is 23.7 Å². The first-order valence-electron chi connectivity index (χ1n) is 5.41. The van der Waals surface area contributed by atoms with E-state index < -0.39 is 0 Å². The molecule has 4 nitrogen and oxygen atoms in total. The van der Waals surface area contributed by atoms with E-state index in [2.05, 4.69) is 0 Å². The van der Waals surface area contributed by atoms with E-state index in [0.717, 1.165) is 10.4 Å². The highest BCUT2D eigenvalue weighted by Crippen LogP contribution is 2.40. The average molecular weight is 302 g/mol. The lowest BCUT2D eigenvalue weighted by molar-refractivity contribution is 0.374. The van der Waals surface area contributed by atoms with Crippen molar-refractivity contribution in [2.24, 2.45) is 5.73 Å². The van der Waals surface area contributed by atoms with Crippen molar-refractivity contribution in [2.75, 3.05) is 14.2 Å². The lowest BCUT2D eigenvalue weighted by atomic mass is 10.0. The van der Waals surface area contributed by atoms with Crippen LogP contribution in [0.1, 0.15) is 16.5 Å². The van der Waals surface area contributed by atoms with Crippen molar-refractivity contribution in [1.82, 2.24) is 0 Å². The van der Waals surface area contributed by atoms with E-state index in [4.69, 9.17) is 15.2 Å². The maximum absolute atomic E-state index is 9.59. The number of benzene rings is 1. The number of aromatic hydroxyl groups is 1. The second-order valence-corrected chi connectivity index (χ2v) is 4.74. The SMILES string of the molecule is COc1cc(O)cc(OC)c1[C@H](N)c1cccs1.Cl.